The lowest BCUT2D eigenvalue weighted by Crippen LogP contribution is -2.39. The molecule has 136 valence electrons. The summed E-state index contributed by atoms with van der Waals surface area (Å²) in [4.78, 5) is 19.0. The molecule has 0 aliphatic rings. The Labute approximate surface area is 146 Å². The number of aromatic nitrogens is 2. The summed E-state index contributed by atoms with van der Waals surface area (Å²) < 4.78 is 53.4. The SMILES string of the molecule is Cc1[nH]c2ccc(F)cc2c1CC(=O)N[C@H](c1ccccn1)C(F)(F)F. The fraction of sp³-hybridized carbons (Fsp3) is 0.222. The molecule has 3 rings (SSSR count). The van der Waals surface area contributed by atoms with Crippen LogP contribution in [0, 0.1) is 12.7 Å². The molecule has 1 amide bonds. The van der Waals surface area contributed by atoms with Crippen molar-refractivity contribution in [2.45, 2.75) is 25.6 Å². The Bertz CT molecular complexity index is 935. The van der Waals surface area contributed by atoms with Gasteiger partial charge in [0.1, 0.15) is 5.82 Å². The zero-order chi connectivity index (χ0) is 18.9. The molecule has 0 saturated heterocycles. The molecule has 4 nitrogen and oxygen atoms in total. The molecule has 8 heteroatoms. The minimum atomic E-state index is -4.69. The molecule has 2 heterocycles. The number of rotatable bonds is 4. The summed E-state index contributed by atoms with van der Waals surface area (Å²) in [6, 6.07) is 5.93. The number of nitrogens with zero attached hydrogens (tertiary/aromatic N) is 1. The maximum absolute atomic E-state index is 13.5. The van der Waals surface area contributed by atoms with Crippen LogP contribution < -0.4 is 5.32 Å². The fourth-order valence-electron chi connectivity index (χ4n) is 2.83. The molecule has 0 saturated carbocycles. The third kappa shape index (κ3) is 3.68. The van der Waals surface area contributed by atoms with Crippen molar-refractivity contribution in [1.29, 1.82) is 0 Å². The number of halogens is 4. The molecule has 1 atom stereocenters. The highest BCUT2D eigenvalue weighted by Crippen LogP contribution is 2.32. The molecule has 0 unspecified atom stereocenters. The highest BCUT2D eigenvalue weighted by atomic mass is 19.4. The summed E-state index contributed by atoms with van der Waals surface area (Å²) in [5, 5.41) is 2.46. The molecule has 0 aliphatic carbocycles. The van der Waals surface area contributed by atoms with E-state index >= 15 is 0 Å². The maximum atomic E-state index is 13.5. The van der Waals surface area contributed by atoms with E-state index in [-0.39, 0.29) is 12.1 Å². The lowest BCUT2D eigenvalue weighted by molar-refractivity contribution is -0.164. The molecule has 0 radical (unpaired) electrons. The van der Waals surface area contributed by atoms with Gasteiger partial charge in [-0.15, -0.1) is 0 Å². The Kier molecular flexibility index (Phi) is 4.67. The number of benzene rings is 1. The second-order valence-corrected chi connectivity index (χ2v) is 5.89. The van der Waals surface area contributed by atoms with E-state index in [1.807, 2.05) is 5.32 Å². The number of pyridine rings is 1. The third-order valence-electron chi connectivity index (χ3n) is 4.04. The van der Waals surface area contributed by atoms with Gasteiger partial charge in [-0.25, -0.2) is 4.39 Å². The quantitative estimate of drug-likeness (QED) is 0.688. The molecule has 2 N–H and O–H groups in total. The van der Waals surface area contributed by atoms with Crippen molar-refractivity contribution in [3.63, 3.8) is 0 Å². The van der Waals surface area contributed by atoms with Gasteiger partial charge in [0.05, 0.1) is 12.1 Å². The van der Waals surface area contributed by atoms with Crippen molar-refractivity contribution in [2.24, 2.45) is 0 Å². The van der Waals surface area contributed by atoms with Gasteiger partial charge in [-0.05, 0) is 42.8 Å². The highest BCUT2D eigenvalue weighted by Gasteiger charge is 2.42. The van der Waals surface area contributed by atoms with Gasteiger partial charge >= 0.3 is 6.18 Å². The molecule has 0 aliphatic heterocycles. The molecule has 0 spiro atoms. The molecule has 26 heavy (non-hydrogen) atoms. The summed E-state index contributed by atoms with van der Waals surface area (Å²) in [5.41, 5.74) is 1.37. The van der Waals surface area contributed by atoms with Crippen molar-refractivity contribution in [2.75, 3.05) is 0 Å². The molecule has 0 fully saturated rings. The third-order valence-corrected chi connectivity index (χ3v) is 4.04. The average molecular weight is 365 g/mol. The summed E-state index contributed by atoms with van der Waals surface area (Å²) in [6.45, 7) is 1.68. The molecule has 0 bridgehead atoms. The first kappa shape index (κ1) is 17.9. The van der Waals surface area contributed by atoms with Crippen LogP contribution in [0.15, 0.2) is 42.6 Å². The smallest absolute Gasteiger partial charge is 0.358 e. The van der Waals surface area contributed by atoms with Crippen LogP contribution in [0.1, 0.15) is 23.0 Å². The van der Waals surface area contributed by atoms with Crippen LogP contribution in [-0.4, -0.2) is 22.1 Å². The Morgan fingerprint density at radius 2 is 2.04 bits per heavy atom. The van der Waals surface area contributed by atoms with E-state index in [1.165, 1.54) is 42.6 Å². The Morgan fingerprint density at radius 3 is 2.69 bits per heavy atom. The van der Waals surface area contributed by atoms with Crippen LogP contribution in [0.3, 0.4) is 0 Å². The first-order chi connectivity index (χ1) is 12.3. The summed E-state index contributed by atoms with van der Waals surface area (Å²) in [5.74, 6) is -1.31. The monoisotopic (exact) mass is 365 g/mol. The number of aromatic amines is 1. The van der Waals surface area contributed by atoms with E-state index in [0.717, 1.165) is 0 Å². The first-order valence-electron chi connectivity index (χ1n) is 7.79. The van der Waals surface area contributed by atoms with Crippen LogP contribution in [0.5, 0.6) is 0 Å². The van der Waals surface area contributed by atoms with Crippen LogP contribution in [0.2, 0.25) is 0 Å². The van der Waals surface area contributed by atoms with E-state index < -0.39 is 23.9 Å². The van der Waals surface area contributed by atoms with Crippen molar-refractivity contribution in [3.8, 4) is 0 Å². The van der Waals surface area contributed by atoms with Gasteiger partial charge < -0.3 is 10.3 Å². The number of alkyl halides is 3. The first-order valence-corrected chi connectivity index (χ1v) is 7.79. The number of hydrogen-bond acceptors (Lipinski definition) is 2. The molecule has 3 aromatic rings. The second kappa shape index (κ2) is 6.78. The van der Waals surface area contributed by atoms with Crippen LogP contribution >= 0.6 is 0 Å². The van der Waals surface area contributed by atoms with E-state index in [0.29, 0.717) is 22.2 Å². The molecular formula is C18H15F4N3O. The summed E-state index contributed by atoms with van der Waals surface area (Å²) in [7, 11) is 0. The lowest BCUT2D eigenvalue weighted by Gasteiger charge is -2.21. The minimum Gasteiger partial charge on any atom is -0.358 e. The predicted molar refractivity (Wildman–Crippen MR) is 87.9 cm³/mol. The largest absolute Gasteiger partial charge is 0.414 e. The van der Waals surface area contributed by atoms with Gasteiger partial charge in [0.25, 0.3) is 0 Å². The number of hydrogen-bond donors (Lipinski definition) is 2. The Hall–Kier alpha value is -2.90. The van der Waals surface area contributed by atoms with Crippen LogP contribution in [0.4, 0.5) is 17.6 Å². The topological polar surface area (TPSA) is 57.8 Å². The van der Waals surface area contributed by atoms with Gasteiger partial charge in [0.15, 0.2) is 6.04 Å². The van der Waals surface area contributed by atoms with Crippen molar-refractivity contribution >= 4 is 16.8 Å². The molecular weight excluding hydrogens is 350 g/mol. The average Bonchev–Trinajstić information content (AvgIpc) is 2.88. The van der Waals surface area contributed by atoms with Gasteiger partial charge in [-0.1, -0.05) is 6.07 Å². The number of fused-ring (bicyclic) bond motifs is 1. The number of nitrogens with one attached hydrogen (secondary N) is 2. The van der Waals surface area contributed by atoms with Gasteiger partial charge in [0.2, 0.25) is 5.91 Å². The summed E-state index contributed by atoms with van der Waals surface area (Å²) >= 11 is 0. The number of amides is 1. The van der Waals surface area contributed by atoms with Gasteiger partial charge in [-0.2, -0.15) is 13.2 Å². The van der Waals surface area contributed by atoms with Crippen LogP contribution in [-0.2, 0) is 11.2 Å². The number of aryl methyl sites for hydroxylation is 1. The molecule has 1 aromatic carbocycles. The fourth-order valence-corrected chi connectivity index (χ4v) is 2.83. The lowest BCUT2D eigenvalue weighted by atomic mass is 10.1. The van der Waals surface area contributed by atoms with Crippen molar-refractivity contribution in [1.82, 2.24) is 15.3 Å². The zero-order valence-corrected chi connectivity index (χ0v) is 13.7. The Morgan fingerprint density at radius 1 is 1.27 bits per heavy atom. The van der Waals surface area contributed by atoms with Crippen molar-refractivity contribution < 1.29 is 22.4 Å². The van der Waals surface area contributed by atoms with E-state index in [9.17, 15) is 22.4 Å². The van der Waals surface area contributed by atoms with Crippen LogP contribution in [0.25, 0.3) is 10.9 Å². The number of carbonyl (C=O) groups excluding carboxylic acids is 1. The van der Waals surface area contributed by atoms with E-state index in [2.05, 4.69) is 9.97 Å². The highest BCUT2D eigenvalue weighted by molar-refractivity contribution is 5.90. The van der Waals surface area contributed by atoms with Gasteiger partial charge in [0, 0.05) is 22.8 Å². The van der Waals surface area contributed by atoms with E-state index in [4.69, 9.17) is 0 Å². The Balaban J connectivity index is 1.86. The second-order valence-electron chi connectivity index (χ2n) is 5.89. The van der Waals surface area contributed by atoms with E-state index in [1.54, 1.807) is 6.92 Å². The maximum Gasteiger partial charge on any atom is 0.414 e. The predicted octanol–water partition coefficient (Wildman–Crippen LogP) is 3.97. The standard InChI is InChI=1S/C18H15F4N3O/c1-10-12(13-8-11(19)5-6-14(13)24-10)9-16(26)25-17(18(20,21)22)15-4-2-3-7-23-15/h2-8,17,24H,9H2,1H3,(H,25,26)/t17-/m1/s1. The number of H-pyrrole nitrogens is 1. The molecule has 2 aromatic heterocycles. The summed E-state index contributed by atoms with van der Waals surface area (Å²) in [6.07, 6.45) is -3.77. The van der Waals surface area contributed by atoms with Crippen molar-refractivity contribution in [3.05, 3.63) is 65.4 Å². The zero-order valence-electron chi connectivity index (χ0n) is 13.7. The normalized spacial score (nSPS) is 13.0. The minimum absolute atomic E-state index is 0.296. The number of carbonyl (C=O) groups is 1. The van der Waals surface area contributed by atoms with Gasteiger partial charge in [-0.3, -0.25) is 9.78 Å².